The fourth-order valence-corrected chi connectivity index (χ4v) is 3.76. The topological polar surface area (TPSA) is 64.0 Å². The number of aryl methyl sites for hydroxylation is 1. The van der Waals surface area contributed by atoms with Gasteiger partial charge in [-0.2, -0.15) is 5.10 Å². The lowest BCUT2D eigenvalue weighted by Crippen LogP contribution is -2.31. The molecule has 0 aromatic carbocycles. The number of nitrogens with one attached hydrogen (secondary N) is 1. The maximum absolute atomic E-state index is 12.0. The summed E-state index contributed by atoms with van der Waals surface area (Å²) in [5, 5.41) is 4.05. The summed E-state index contributed by atoms with van der Waals surface area (Å²) in [6, 6.07) is 0. The molecule has 1 aliphatic rings. The molecule has 2 rings (SSSR count). The molecule has 0 spiro atoms. The van der Waals surface area contributed by atoms with Crippen LogP contribution in [0.2, 0.25) is 0 Å². The van der Waals surface area contributed by atoms with E-state index < -0.39 is 10.0 Å². The van der Waals surface area contributed by atoms with Gasteiger partial charge in [0, 0.05) is 25.2 Å². The summed E-state index contributed by atoms with van der Waals surface area (Å²) in [4.78, 5) is 0.211. The van der Waals surface area contributed by atoms with Gasteiger partial charge in [0.05, 0.1) is 6.20 Å². The van der Waals surface area contributed by atoms with E-state index in [1.165, 1.54) is 17.1 Å². The van der Waals surface area contributed by atoms with Crippen LogP contribution in [0, 0.1) is 5.92 Å². The fourth-order valence-electron chi connectivity index (χ4n) is 2.26. The van der Waals surface area contributed by atoms with Gasteiger partial charge in [-0.15, -0.1) is 11.6 Å². The molecule has 1 aromatic heterocycles. The Balaban J connectivity index is 1.93. The predicted molar refractivity (Wildman–Crippen MR) is 70.0 cm³/mol. The highest BCUT2D eigenvalue weighted by atomic mass is 35.5. The Hall–Kier alpha value is -0.590. The van der Waals surface area contributed by atoms with Crippen LogP contribution >= 0.6 is 11.6 Å². The third kappa shape index (κ3) is 3.46. The van der Waals surface area contributed by atoms with Crippen LogP contribution in [0.1, 0.15) is 25.7 Å². The van der Waals surface area contributed by atoms with Crippen LogP contribution in [0.4, 0.5) is 0 Å². The van der Waals surface area contributed by atoms with E-state index in [-0.39, 0.29) is 10.3 Å². The Bertz CT molecular complexity index is 500. The molecular formula is C11H18ClN3O2S. The summed E-state index contributed by atoms with van der Waals surface area (Å²) >= 11 is 6.09. The Labute approximate surface area is 113 Å². The monoisotopic (exact) mass is 291 g/mol. The van der Waals surface area contributed by atoms with Crippen molar-refractivity contribution in [2.24, 2.45) is 13.0 Å². The normalized spacial score (nSPS) is 25.2. The van der Waals surface area contributed by atoms with Gasteiger partial charge >= 0.3 is 0 Å². The van der Waals surface area contributed by atoms with Gasteiger partial charge in [0.2, 0.25) is 10.0 Å². The molecule has 1 saturated carbocycles. The molecule has 7 heteroatoms. The number of aromatic nitrogens is 2. The Kier molecular flexibility index (Phi) is 4.29. The quantitative estimate of drug-likeness (QED) is 0.855. The molecule has 1 aromatic rings. The van der Waals surface area contributed by atoms with Gasteiger partial charge in [-0.1, -0.05) is 6.42 Å². The van der Waals surface area contributed by atoms with Gasteiger partial charge in [-0.05, 0) is 25.2 Å². The summed E-state index contributed by atoms with van der Waals surface area (Å²) < 4.78 is 28.1. The minimum Gasteiger partial charge on any atom is -0.274 e. The summed E-state index contributed by atoms with van der Waals surface area (Å²) in [5.74, 6) is 0.340. The molecule has 1 heterocycles. The number of sulfonamides is 1. The lowest BCUT2D eigenvalue weighted by atomic mass is 9.89. The average molecular weight is 292 g/mol. The molecular weight excluding hydrogens is 274 g/mol. The third-order valence-corrected chi connectivity index (χ3v) is 5.05. The fraction of sp³-hybridized carbons (Fsp3) is 0.727. The van der Waals surface area contributed by atoms with E-state index in [0.717, 1.165) is 25.7 Å². The molecule has 2 unspecified atom stereocenters. The van der Waals surface area contributed by atoms with Gasteiger partial charge in [0.25, 0.3) is 0 Å². The zero-order valence-electron chi connectivity index (χ0n) is 10.3. The summed E-state index contributed by atoms with van der Waals surface area (Å²) in [6.45, 7) is 0.459. The second-order valence-electron chi connectivity index (χ2n) is 4.83. The lowest BCUT2D eigenvalue weighted by Gasteiger charge is -2.25. The SMILES string of the molecule is Cn1cc(S(=O)(=O)NCC2CCCC(Cl)C2)cn1. The van der Waals surface area contributed by atoms with Crippen LogP contribution in [0.15, 0.2) is 17.3 Å². The van der Waals surface area contributed by atoms with Crippen LogP contribution in [0.5, 0.6) is 0 Å². The van der Waals surface area contributed by atoms with Crippen LogP contribution < -0.4 is 4.72 Å². The Morgan fingerprint density at radius 1 is 1.56 bits per heavy atom. The van der Waals surface area contributed by atoms with Gasteiger partial charge < -0.3 is 0 Å². The summed E-state index contributed by atoms with van der Waals surface area (Å²) in [7, 11) is -1.74. The first-order chi connectivity index (χ1) is 8.47. The van der Waals surface area contributed by atoms with Crippen molar-refractivity contribution < 1.29 is 8.42 Å². The van der Waals surface area contributed by atoms with Gasteiger partial charge in [0.1, 0.15) is 4.90 Å². The first kappa shape index (κ1) is 13.8. The lowest BCUT2D eigenvalue weighted by molar-refractivity contribution is 0.361. The number of halogens is 1. The highest BCUT2D eigenvalue weighted by Gasteiger charge is 2.23. The van der Waals surface area contributed by atoms with E-state index in [1.807, 2.05) is 0 Å². The first-order valence-electron chi connectivity index (χ1n) is 6.10. The molecule has 1 fully saturated rings. The number of hydrogen-bond acceptors (Lipinski definition) is 3. The third-order valence-electron chi connectivity index (χ3n) is 3.27. The largest absolute Gasteiger partial charge is 0.274 e. The number of nitrogens with zero attached hydrogens (tertiary/aromatic N) is 2. The van der Waals surface area contributed by atoms with Crippen molar-refractivity contribution in [2.45, 2.75) is 36.0 Å². The second-order valence-corrected chi connectivity index (χ2v) is 7.22. The van der Waals surface area contributed by atoms with Crippen LogP contribution in [0.3, 0.4) is 0 Å². The minimum atomic E-state index is -3.43. The molecule has 2 atom stereocenters. The van der Waals surface area contributed by atoms with Crippen molar-refractivity contribution in [1.29, 1.82) is 0 Å². The zero-order valence-corrected chi connectivity index (χ0v) is 11.9. The molecule has 1 N–H and O–H groups in total. The number of alkyl halides is 1. The van der Waals surface area contributed by atoms with Crippen molar-refractivity contribution >= 4 is 21.6 Å². The number of rotatable bonds is 4. The van der Waals surface area contributed by atoms with E-state index in [4.69, 9.17) is 11.6 Å². The van der Waals surface area contributed by atoms with E-state index in [0.29, 0.717) is 12.5 Å². The average Bonchev–Trinajstić information content (AvgIpc) is 2.74. The zero-order chi connectivity index (χ0) is 13.2. The molecule has 0 aliphatic heterocycles. The van der Waals surface area contributed by atoms with E-state index in [1.54, 1.807) is 7.05 Å². The Morgan fingerprint density at radius 2 is 2.33 bits per heavy atom. The van der Waals surface area contributed by atoms with E-state index in [2.05, 4.69) is 9.82 Å². The summed E-state index contributed by atoms with van der Waals surface area (Å²) in [6.07, 6.45) is 6.89. The maximum Gasteiger partial charge on any atom is 0.243 e. The predicted octanol–water partition coefficient (Wildman–Crippen LogP) is 1.50. The maximum atomic E-state index is 12.0. The second kappa shape index (κ2) is 5.59. The molecule has 0 bridgehead atoms. The highest BCUT2D eigenvalue weighted by Crippen LogP contribution is 2.27. The molecule has 102 valence electrons. The van der Waals surface area contributed by atoms with Crippen LogP contribution in [0.25, 0.3) is 0 Å². The summed E-state index contributed by atoms with van der Waals surface area (Å²) in [5.41, 5.74) is 0. The van der Waals surface area contributed by atoms with Crippen molar-refractivity contribution in [3.05, 3.63) is 12.4 Å². The van der Waals surface area contributed by atoms with E-state index in [9.17, 15) is 8.42 Å². The smallest absolute Gasteiger partial charge is 0.243 e. The van der Waals surface area contributed by atoms with Gasteiger partial charge in [0.15, 0.2) is 0 Å². The van der Waals surface area contributed by atoms with Crippen molar-refractivity contribution in [1.82, 2.24) is 14.5 Å². The first-order valence-corrected chi connectivity index (χ1v) is 8.02. The van der Waals surface area contributed by atoms with Crippen molar-refractivity contribution in [3.8, 4) is 0 Å². The van der Waals surface area contributed by atoms with Gasteiger partial charge in [-0.3, -0.25) is 4.68 Å². The molecule has 0 saturated heterocycles. The molecule has 0 radical (unpaired) electrons. The minimum absolute atomic E-state index is 0.187. The Morgan fingerprint density at radius 3 is 2.94 bits per heavy atom. The highest BCUT2D eigenvalue weighted by molar-refractivity contribution is 7.89. The van der Waals surface area contributed by atoms with Crippen molar-refractivity contribution in [2.75, 3.05) is 6.54 Å². The standard InChI is InChI=1S/C11H18ClN3O2S/c1-15-8-11(7-13-15)18(16,17)14-6-9-3-2-4-10(12)5-9/h7-10,14H,2-6H2,1H3. The van der Waals surface area contributed by atoms with Crippen molar-refractivity contribution in [3.63, 3.8) is 0 Å². The molecule has 1 aliphatic carbocycles. The van der Waals surface area contributed by atoms with Crippen LogP contribution in [-0.2, 0) is 17.1 Å². The molecule has 0 amide bonds. The molecule has 18 heavy (non-hydrogen) atoms. The van der Waals surface area contributed by atoms with Gasteiger partial charge in [-0.25, -0.2) is 13.1 Å². The van der Waals surface area contributed by atoms with Crippen LogP contribution in [-0.4, -0.2) is 30.1 Å². The van der Waals surface area contributed by atoms with E-state index >= 15 is 0 Å². The molecule has 5 nitrogen and oxygen atoms in total. The number of hydrogen-bond donors (Lipinski definition) is 1.